The molecule has 0 saturated carbocycles. The molecule has 0 radical (unpaired) electrons. The van der Waals surface area contributed by atoms with Crippen LogP contribution in [0.3, 0.4) is 0 Å². The molecule has 0 bridgehead atoms. The molecule has 0 aliphatic carbocycles. The van der Waals surface area contributed by atoms with Crippen molar-refractivity contribution >= 4 is 17.2 Å². The number of carbonyl (C=O) groups is 1. The van der Waals surface area contributed by atoms with Gasteiger partial charge in [-0.05, 0) is 25.5 Å². The van der Waals surface area contributed by atoms with Crippen LogP contribution in [-0.2, 0) is 11.2 Å². The molecule has 1 aromatic carbocycles. The van der Waals surface area contributed by atoms with Gasteiger partial charge in [-0.1, -0.05) is 36.4 Å². The van der Waals surface area contributed by atoms with E-state index in [0.29, 0.717) is 25.3 Å². The van der Waals surface area contributed by atoms with Gasteiger partial charge in [0.05, 0.1) is 12.2 Å². The lowest BCUT2D eigenvalue weighted by atomic mass is 10.2. The zero-order valence-corrected chi connectivity index (χ0v) is 15.8. The number of carbonyl (C=O) groups excluding carboxylic acids is 1. The molecule has 5 nitrogen and oxygen atoms in total. The number of oxazole rings is 1. The first-order chi connectivity index (χ1) is 12.6. The molecule has 6 heteroatoms. The van der Waals surface area contributed by atoms with Crippen LogP contribution in [0.5, 0.6) is 0 Å². The Labute approximate surface area is 157 Å². The van der Waals surface area contributed by atoms with Crippen molar-refractivity contribution in [1.29, 1.82) is 0 Å². The van der Waals surface area contributed by atoms with Gasteiger partial charge in [0.15, 0.2) is 11.7 Å². The van der Waals surface area contributed by atoms with Gasteiger partial charge < -0.3 is 14.6 Å². The molecule has 0 fully saturated rings. The van der Waals surface area contributed by atoms with Gasteiger partial charge in [-0.2, -0.15) is 0 Å². The van der Waals surface area contributed by atoms with Crippen molar-refractivity contribution < 1.29 is 9.21 Å². The van der Waals surface area contributed by atoms with E-state index in [2.05, 4.69) is 26.6 Å². The maximum absolute atomic E-state index is 12.2. The summed E-state index contributed by atoms with van der Waals surface area (Å²) in [6.07, 6.45) is 2.56. The number of hydrogen-bond donors (Lipinski definition) is 1. The highest BCUT2D eigenvalue weighted by Gasteiger charge is 2.16. The zero-order valence-electron chi connectivity index (χ0n) is 15.0. The van der Waals surface area contributed by atoms with Crippen LogP contribution in [0.15, 0.2) is 58.5 Å². The first kappa shape index (κ1) is 18.4. The Morgan fingerprint density at radius 2 is 2.04 bits per heavy atom. The van der Waals surface area contributed by atoms with E-state index in [1.54, 1.807) is 17.5 Å². The van der Waals surface area contributed by atoms with Crippen LogP contribution in [0.2, 0.25) is 0 Å². The largest absolute Gasteiger partial charge is 0.441 e. The first-order valence-electron chi connectivity index (χ1n) is 8.60. The third kappa shape index (κ3) is 4.80. The van der Waals surface area contributed by atoms with Crippen molar-refractivity contribution in [3.8, 4) is 11.3 Å². The summed E-state index contributed by atoms with van der Waals surface area (Å²) in [7, 11) is 4.04. The van der Waals surface area contributed by atoms with Crippen molar-refractivity contribution in [2.45, 2.75) is 18.9 Å². The summed E-state index contributed by atoms with van der Waals surface area (Å²) in [5.41, 5.74) is 0.987. The van der Waals surface area contributed by atoms with E-state index in [-0.39, 0.29) is 11.9 Å². The number of likely N-dealkylation sites (N-methyl/N-ethyl adjacent to an activating group) is 1. The van der Waals surface area contributed by atoms with E-state index in [4.69, 9.17) is 4.42 Å². The minimum Gasteiger partial charge on any atom is -0.441 e. The smallest absolute Gasteiger partial charge is 0.220 e. The molecule has 0 aliphatic rings. The maximum atomic E-state index is 12.2. The van der Waals surface area contributed by atoms with E-state index in [9.17, 15) is 4.79 Å². The van der Waals surface area contributed by atoms with Crippen LogP contribution in [-0.4, -0.2) is 36.4 Å². The normalized spacial score (nSPS) is 12.3. The summed E-state index contributed by atoms with van der Waals surface area (Å²) in [6.45, 7) is 0.590. The Balaban J connectivity index is 1.49. The molecule has 2 aromatic heterocycles. The molecule has 3 aromatic rings. The third-order valence-corrected chi connectivity index (χ3v) is 5.14. The molecule has 136 valence electrons. The highest BCUT2D eigenvalue weighted by Crippen LogP contribution is 2.22. The molecule has 1 atom stereocenters. The van der Waals surface area contributed by atoms with Crippen LogP contribution in [0.25, 0.3) is 11.3 Å². The lowest BCUT2D eigenvalue weighted by Crippen LogP contribution is -2.34. The number of hydrogen-bond acceptors (Lipinski definition) is 5. The van der Waals surface area contributed by atoms with Gasteiger partial charge in [-0.3, -0.25) is 4.79 Å². The lowest BCUT2D eigenvalue weighted by Gasteiger charge is -2.23. The molecular weight excluding hydrogens is 346 g/mol. The van der Waals surface area contributed by atoms with Crippen LogP contribution in [0, 0.1) is 0 Å². The molecular formula is C20H23N3O2S. The van der Waals surface area contributed by atoms with E-state index in [1.165, 1.54) is 4.88 Å². The number of thiophene rings is 1. The van der Waals surface area contributed by atoms with Gasteiger partial charge >= 0.3 is 0 Å². The summed E-state index contributed by atoms with van der Waals surface area (Å²) >= 11 is 1.70. The average molecular weight is 369 g/mol. The van der Waals surface area contributed by atoms with Crippen molar-refractivity contribution in [2.24, 2.45) is 0 Å². The Morgan fingerprint density at radius 3 is 2.73 bits per heavy atom. The Kier molecular flexibility index (Phi) is 6.20. The van der Waals surface area contributed by atoms with Crippen LogP contribution in [0.4, 0.5) is 0 Å². The fourth-order valence-electron chi connectivity index (χ4n) is 2.70. The summed E-state index contributed by atoms with van der Waals surface area (Å²) < 4.78 is 5.75. The number of amides is 1. The number of benzene rings is 1. The van der Waals surface area contributed by atoms with E-state index in [0.717, 1.165) is 11.3 Å². The Hall–Kier alpha value is -2.44. The van der Waals surface area contributed by atoms with Gasteiger partial charge in [-0.25, -0.2) is 4.98 Å². The Bertz CT molecular complexity index is 813. The fraction of sp³-hybridized carbons (Fsp3) is 0.300. The second-order valence-corrected chi connectivity index (χ2v) is 7.26. The number of aromatic nitrogens is 1. The Morgan fingerprint density at radius 1 is 1.23 bits per heavy atom. The minimum atomic E-state index is 0.00728. The first-order valence-corrected chi connectivity index (χ1v) is 9.48. The predicted molar refractivity (Wildman–Crippen MR) is 104 cm³/mol. The fourth-order valence-corrected chi connectivity index (χ4v) is 3.62. The number of rotatable bonds is 8. The van der Waals surface area contributed by atoms with Crippen LogP contribution < -0.4 is 5.32 Å². The van der Waals surface area contributed by atoms with E-state index >= 15 is 0 Å². The quantitative estimate of drug-likeness (QED) is 0.657. The maximum Gasteiger partial charge on any atom is 0.220 e. The minimum absolute atomic E-state index is 0.00728. The molecule has 0 aliphatic heterocycles. The number of nitrogens with zero attached hydrogens (tertiary/aromatic N) is 2. The third-order valence-electron chi connectivity index (χ3n) is 4.17. The standard InChI is InChI=1S/C20H23N3O2S/c1-23(2)16(18-9-6-12-26-18)13-21-19(24)10-11-20-22-14-17(25-20)15-7-4-3-5-8-15/h3-9,12,14,16H,10-11,13H2,1-2H3,(H,21,24)/t16-/m0/s1. The summed E-state index contributed by atoms with van der Waals surface area (Å²) in [5, 5.41) is 5.07. The predicted octanol–water partition coefficient (Wildman–Crippen LogP) is 3.75. The van der Waals surface area contributed by atoms with Crippen LogP contribution >= 0.6 is 11.3 Å². The summed E-state index contributed by atoms with van der Waals surface area (Å²) in [4.78, 5) is 19.8. The molecule has 0 saturated heterocycles. The van der Waals surface area contributed by atoms with Crippen molar-refractivity contribution in [2.75, 3.05) is 20.6 Å². The summed E-state index contributed by atoms with van der Waals surface area (Å²) in [6, 6.07) is 14.1. The highest BCUT2D eigenvalue weighted by atomic mass is 32.1. The molecule has 1 amide bonds. The zero-order chi connectivity index (χ0) is 18.4. The van der Waals surface area contributed by atoms with Gasteiger partial charge in [-0.15, -0.1) is 11.3 Å². The molecule has 1 N–H and O–H groups in total. The second kappa shape index (κ2) is 8.78. The average Bonchev–Trinajstić information content (AvgIpc) is 3.33. The SMILES string of the molecule is CN(C)[C@@H](CNC(=O)CCc1ncc(-c2ccccc2)o1)c1cccs1. The number of nitrogens with one attached hydrogen (secondary N) is 1. The van der Waals surface area contributed by atoms with E-state index < -0.39 is 0 Å². The molecule has 0 unspecified atom stereocenters. The molecule has 0 spiro atoms. The topological polar surface area (TPSA) is 58.4 Å². The van der Waals surface area contributed by atoms with Gasteiger partial charge in [0.2, 0.25) is 5.91 Å². The van der Waals surface area contributed by atoms with Gasteiger partial charge in [0.1, 0.15) is 0 Å². The molecule has 2 heterocycles. The van der Waals surface area contributed by atoms with Crippen molar-refractivity contribution in [1.82, 2.24) is 15.2 Å². The van der Waals surface area contributed by atoms with Crippen molar-refractivity contribution in [3.63, 3.8) is 0 Å². The highest BCUT2D eigenvalue weighted by molar-refractivity contribution is 7.10. The summed E-state index contributed by atoms with van der Waals surface area (Å²) in [5.74, 6) is 1.32. The van der Waals surface area contributed by atoms with Crippen molar-refractivity contribution in [3.05, 3.63) is 64.8 Å². The second-order valence-electron chi connectivity index (χ2n) is 6.28. The monoisotopic (exact) mass is 369 g/mol. The molecule has 26 heavy (non-hydrogen) atoms. The van der Waals surface area contributed by atoms with Gasteiger partial charge in [0.25, 0.3) is 0 Å². The molecule has 3 rings (SSSR count). The number of aryl methyl sites for hydroxylation is 1. The van der Waals surface area contributed by atoms with Crippen LogP contribution in [0.1, 0.15) is 23.2 Å². The van der Waals surface area contributed by atoms with E-state index in [1.807, 2.05) is 50.5 Å². The lowest BCUT2D eigenvalue weighted by molar-refractivity contribution is -0.121. The van der Waals surface area contributed by atoms with Gasteiger partial charge in [0, 0.05) is 29.8 Å².